The summed E-state index contributed by atoms with van der Waals surface area (Å²) in [5, 5.41) is 20.6. The van der Waals surface area contributed by atoms with E-state index in [-0.39, 0.29) is 50.9 Å². The zero-order chi connectivity index (χ0) is 49.5. The lowest BCUT2D eigenvalue weighted by Crippen LogP contribution is -2.53. The fourth-order valence-corrected chi connectivity index (χ4v) is 17.6. The van der Waals surface area contributed by atoms with Gasteiger partial charge in [-0.1, -0.05) is 96.4 Å². The van der Waals surface area contributed by atoms with Gasteiger partial charge in [-0.05, 0) is 98.7 Å². The highest BCUT2D eigenvalue weighted by atomic mass is 32.1. The molecule has 0 bridgehead atoms. The Hall–Kier alpha value is -2.26. The molecule has 2 saturated heterocycles. The van der Waals surface area contributed by atoms with Gasteiger partial charge in [0.2, 0.25) is 5.13 Å². The summed E-state index contributed by atoms with van der Waals surface area (Å²) in [6.45, 7) is 38.1. The number of carbonyl (C=O) groups excluding carboxylic acids is 2. The van der Waals surface area contributed by atoms with Gasteiger partial charge in [0.15, 0.2) is 25.0 Å². The highest BCUT2D eigenvalue weighted by Crippen LogP contribution is 2.49. The number of thiazole rings is 1. The number of nitrogens with zero attached hydrogens (tertiary/aromatic N) is 3. The van der Waals surface area contributed by atoms with Crippen LogP contribution in [0.2, 0.25) is 54.4 Å². The maximum absolute atomic E-state index is 15.2. The van der Waals surface area contributed by atoms with Gasteiger partial charge >= 0.3 is 18.2 Å². The maximum Gasteiger partial charge on any atom is 0.423 e. The Kier molecular flexibility index (Phi) is 20.1. The number of Topliss-reactive ketones (excluding diaryl/α,β-unsaturated/α-hetero) is 1. The van der Waals surface area contributed by atoms with E-state index in [0.717, 1.165) is 73.4 Å². The first-order chi connectivity index (χ1) is 30.1. The summed E-state index contributed by atoms with van der Waals surface area (Å²) in [5.74, 6) is -0.737. The van der Waals surface area contributed by atoms with Crippen LogP contribution in [0.5, 0.6) is 0 Å². The molecule has 0 saturated carbocycles. The highest BCUT2D eigenvalue weighted by molar-refractivity contribution is 7.14. The Bertz CT molecular complexity index is 1780. The van der Waals surface area contributed by atoms with Crippen LogP contribution >= 0.6 is 11.3 Å². The quantitative estimate of drug-likeness (QED) is 0.0863. The van der Waals surface area contributed by atoms with Gasteiger partial charge in [0.05, 0.1) is 24.3 Å². The molecule has 3 heterocycles. The van der Waals surface area contributed by atoms with Crippen molar-refractivity contribution >= 4 is 71.4 Å². The molecule has 2 amide bonds. The zero-order valence-corrected chi connectivity index (χ0v) is 47.0. The summed E-state index contributed by atoms with van der Waals surface area (Å²) in [5.41, 5.74) is -0.221. The molecule has 0 aliphatic carbocycles. The summed E-state index contributed by atoms with van der Waals surface area (Å²) in [6.07, 6.45) is -0.181. The number of aromatic nitrogens is 1. The Morgan fingerprint density at radius 1 is 0.954 bits per heavy atom. The number of ketones is 1. The van der Waals surface area contributed by atoms with E-state index in [1.165, 1.54) is 0 Å². The fraction of sp³-hybridized carbons (Fsp3) is 0.812. The van der Waals surface area contributed by atoms with Crippen LogP contribution in [0.15, 0.2) is 11.0 Å². The number of cyclic esters (lactones) is 1. The first kappa shape index (κ1) is 57.1. The van der Waals surface area contributed by atoms with Crippen LogP contribution in [0, 0.1) is 17.3 Å². The van der Waals surface area contributed by atoms with Crippen LogP contribution in [-0.2, 0) is 27.6 Å². The second-order valence-electron chi connectivity index (χ2n) is 21.4. The minimum atomic E-state index is -2.37. The van der Waals surface area contributed by atoms with E-state index in [0.29, 0.717) is 24.3 Å². The largest absolute Gasteiger partial charge is 0.464 e. The first-order valence-electron chi connectivity index (χ1n) is 24.5. The minimum Gasteiger partial charge on any atom is -0.464 e. The standard InChI is InChI=1S/C48H87N3O10SSi3/c1-18-64(19-2,20-3)60-39-31-40(52)59-37(34(8)29-36-32-62-43(49-36)51(44(54)55)45(56)57)30-38-48(15,50(38)27-28-58-63(16,17)46(10,11)12)26-24-25-33(7)41(35(9)42(53)47(39,13)14)61-65(21-4,22-5)23-6/h29,32-33,35,37-39,41H,18-28,30-31H2,1-17H3,(H,54,55)(H,56,57)/b34-29+/t33-,35+,37-,38-,39-,41-,48+,50?/m0/s1. The number of anilines is 1. The third kappa shape index (κ3) is 13.5. The predicted molar refractivity (Wildman–Crippen MR) is 271 cm³/mol. The number of rotatable bonds is 17. The van der Waals surface area contributed by atoms with E-state index in [9.17, 15) is 24.6 Å². The zero-order valence-electron chi connectivity index (χ0n) is 43.2. The van der Waals surface area contributed by atoms with Crippen molar-refractivity contribution in [3.8, 4) is 0 Å². The first-order valence-corrected chi connectivity index (χ1v) is 33.3. The Morgan fingerprint density at radius 2 is 1.49 bits per heavy atom. The molecule has 2 aliphatic heterocycles. The van der Waals surface area contributed by atoms with Crippen molar-refractivity contribution in [3.63, 3.8) is 0 Å². The van der Waals surface area contributed by atoms with Crippen molar-refractivity contribution in [3.05, 3.63) is 16.6 Å². The normalized spacial score (nSPS) is 27.8. The van der Waals surface area contributed by atoms with Crippen molar-refractivity contribution in [1.29, 1.82) is 0 Å². The van der Waals surface area contributed by atoms with Gasteiger partial charge in [-0.25, -0.2) is 14.6 Å². The maximum atomic E-state index is 15.2. The lowest BCUT2D eigenvalue weighted by atomic mass is 9.73. The molecule has 1 aromatic heterocycles. The van der Waals surface area contributed by atoms with Gasteiger partial charge in [0.25, 0.3) is 0 Å². The topological polar surface area (TPSA) is 165 Å². The fourth-order valence-electron chi connectivity index (χ4n) is 9.79. The average molecular weight is 983 g/mol. The van der Waals surface area contributed by atoms with Crippen LogP contribution in [0.1, 0.15) is 142 Å². The van der Waals surface area contributed by atoms with Crippen molar-refractivity contribution in [1.82, 2.24) is 9.88 Å². The van der Waals surface area contributed by atoms with E-state index in [2.05, 4.69) is 99.1 Å². The third-order valence-corrected chi connectivity index (χ3v) is 30.9. The molecule has 0 spiro atoms. The highest BCUT2D eigenvalue weighted by Gasteiger charge is 2.59. The summed E-state index contributed by atoms with van der Waals surface area (Å²) >= 11 is 0.900. The predicted octanol–water partition coefficient (Wildman–Crippen LogP) is 12.7. The molecule has 0 aromatic carbocycles. The van der Waals surface area contributed by atoms with Crippen molar-refractivity contribution < 1.29 is 47.4 Å². The van der Waals surface area contributed by atoms with Crippen LogP contribution < -0.4 is 4.90 Å². The van der Waals surface area contributed by atoms with Crippen molar-refractivity contribution in [2.75, 3.05) is 18.1 Å². The van der Waals surface area contributed by atoms with E-state index in [4.69, 9.17) is 18.0 Å². The van der Waals surface area contributed by atoms with Crippen LogP contribution in [0.3, 0.4) is 0 Å². The number of hydrogen-bond donors (Lipinski definition) is 2. The summed E-state index contributed by atoms with van der Waals surface area (Å²) < 4.78 is 27.9. The van der Waals surface area contributed by atoms with Gasteiger partial charge in [-0.2, -0.15) is 4.90 Å². The molecule has 372 valence electrons. The monoisotopic (exact) mass is 982 g/mol. The second kappa shape index (κ2) is 22.9. The molecular formula is C48H87N3O10SSi3. The van der Waals surface area contributed by atoms with Crippen LogP contribution in [0.4, 0.5) is 14.7 Å². The average Bonchev–Trinajstić information content (AvgIpc) is 3.49. The molecule has 1 aromatic rings. The van der Waals surface area contributed by atoms with Gasteiger partial charge in [-0.3, -0.25) is 14.5 Å². The molecule has 13 nitrogen and oxygen atoms in total. The van der Waals surface area contributed by atoms with E-state index >= 15 is 4.79 Å². The van der Waals surface area contributed by atoms with Gasteiger partial charge in [-0.15, -0.1) is 11.3 Å². The molecule has 8 atom stereocenters. The SMILES string of the molecule is CC[Si](CC)(CC)O[C@H]1[C@@H](C)CCC[C@]2(C)[C@H](C[C@@H](/C(C)=C/c3csc(N(C(=O)O)C(=O)O)n3)OC(=O)C[C@H](O[Si](CC)(CC)CC)C(C)(C)C(=O)[C@@H]1C)N2CCO[Si](C)(C)C(C)(C)C. The van der Waals surface area contributed by atoms with Crippen LogP contribution in [-0.4, -0.2) is 112 Å². The van der Waals surface area contributed by atoms with E-state index in [1.807, 2.05) is 27.7 Å². The van der Waals surface area contributed by atoms with Gasteiger partial charge in [0.1, 0.15) is 11.9 Å². The van der Waals surface area contributed by atoms with E-state index in [1.54, 1.807) is 11.5 Å². The number of hydrogen-bond acceptors (Lipinski definition) is 11. The lowest BCUT2D eigenvalue weighted by molar-refractivity contribution is -0.153. The lowest BCUT2D eigenvalue weighted by Gasteiger charge is -2.44. The Balaban J connectivity index is 2.22. The number of amides is 2. The summed E-state index contributed by atoms with van der Waals surface area (Å²) in [6, 6.07) is 5.54. The minimum absolute atomic E-state index is 0.0440. The molecule has 1 unspecified atom stereocenters. The number of imide groups is 1. The Morgan fingerprint density at radius 3 is 2.00 bits per heavy atom. The number of carbonyl (C=O) groups is 4. The summed E-state index contributed by atoms with van der Waals surface area (Å²) in [4.78, 5) is 60.5. The smallest absolute Gasteiger partial charge is 0.423 e. The van der Waals surface area contributed by atoms with E-state index < -0.39 is 66.6 Å². The molecule has 65 heavy (non-hydrogen) atoms. The number of carboxylic acid groups (broad SMARTS) is 2. The Labute approximate surface area is 399 Å². The molecule has 0 radical (unpaired) electrons. The molecule has 2 N–H and O–H groups in total. The molecule has 2 aliphatic rings. The molecule has 2 fully saturated rings. The van der Waals surface area contributed by atoms with Crippen molar-refractivity contribution in [2.45, 2.75) is 220 Å². The molecule has 3 rings (SSSR count). The number of esters is 1. The van der Waals surface area contributed by atoms with Crippen molar-refractivity contribution in [2.24, 2.45) is 17.3 Å². The van der Waals surface area contributed by atoms with Gasteiger partial charge in [0, 0.05) is 47.9 Å². The van der Waals surface area contributed by atoms with Gasteiger partial charge < -0.3 is 28.2 Å². The number of fused-ring (bicyclic) bond motifs is 1. The van der Waals surface area contributed by atoms with Crippen LogP contribution in [0.25, 0.3) is 6.08 Å². The summed E-state index contributed by atoms with van der Waals surface area (Å²) in [7, 11) is -6.54. The molecule has 17 heteroatoms. The second-order valence-corrected chi connectivity index (χ2v) is 36.4. The number of ether oxygens (including phenoxy) is 1. The third-order valence-electron chi connectivity index (χ3n) is 16.2. The molecular weight excluding hydrogens is 895 g/mol.